The van der Waals surface area contributed by atoms with Crippen LogP contribution in [-0.2, 0) is 17.9 Å². The number of nitrogen functional groups attached to an aromatic ring is 1. The van der Waals surface area contributed by atoms with Crippen molar-refractivity contribution in [3.63, 3.8) is 0 Å². The van der Waals surface area contributed by atoms with Gasteiger partial charge in [0, 0.05) is 48.3 Å². The number of ether oxygens (including phenoxy) is 2. The number of hydrogen-bond donors (Lipinski definition) is 1. The molecule has 218 valence electrons. The number of fused-ring (bicyclic) bond motifs is 1. The third-order valence-corrected chi connectivity index (χ3v) is 7.23. The third kappa shape index (κ3) is 5.98. The van der Waals surface area contributed by atoms with Crippen molar-refractivity contribution in [1.29, 1.82) is 0 Å². The second-order valence-corrected chi connectivity index (χ2v) is 10.2. The number of nitrogens with zero attached hydrogens (tertiary/aromatic N) is 7. The van der Waals surface area contributed by atoms with Crippen LogP contribution in [0, 0.1) is 12.7 Å². The van der Waals surface area contributed by atoms with Gasteiger partial charge in [0.25, 0.3) is 0 Å². The number of benzene rings is 2. The molecule has 11 nitrogen and oxygen atoms in total. The minimum Gasteiger partial charge on any atom is -0.489 e. The molecule has 0 radical (unpaired) electrons. The molecule has 0 bridgehead atoms. The van der Waals surface area contributed by atoms with Gasteiger partial charge >= 0.3 is 0 Å². The Morgan fingerprint density at radius 2 is 1.86 bits per heavy atom. The summed E-state index contributed by atoms with van der Waals surface area (Å²) >= 11 is 0. The summed E-state index contributed by atoms with van der Waals surface area (Å²) in [5.41, 5.74) is 9.01. The maximum Gasteiger partial charge on any atom is 0.246 e. The van der Waals surface area contributed by atoms with Crippen LogP contribution in [0.4, 0.5) is 10.2 Å². The van der Waals surface area contributed by atoms with Crippen LogP contribution < -0.4 is 15.2 Å². The molecule has 3 aromatic heterocycles. The van der Waals surface area contributed by atoms with Crippen molar-refractivity contribution in [1.82, 2.24) is 34.6 Å². The van der Waals surface area contributed by atoms with E-state index in [1.165, 1.54) is 24.5 Å². The quantitative estimate of drug-likeness (QED) is 0.243. The standard InChI is InChI=1S/C31H29FN8O3/c1-3-27(41)39-10-4-5-23(39)16-40-31-28(30(33)36-18-37-31)29(38-40)21-6-8-24(9-7-21)43-26-12-22(32)11-25(13-26)42-17-20-14-34-19(2)35-15-20/h3,6-9,11-15,18,23H,1,4-5,10,16-17H2,2H3,(H2,33,36,37)/t23-/m1/s1. The third-order valence-electron chi connectivity index (χ3n) is 7.23. The molecular weight excluding hydrogens is 551 g/mol. The van der Waals surface area contributed by atoms with E-state index in [9.17, 15) is 9.18 Å². The number of anilines is 1. The summed E-state index contributed by atoms with van der Waals surface area (Å²) in [5.74, 6) is 1.47. The number of carbonyl (C=O) groups excluding carboxylic acids is 1. The van der Waals surface area contributed by atoms with Crippen LogP contribution in [-0.4, -0.2) is 53.1 Å². The van der Waals surface area contributed by atoms with Crippen LogP contribution in [0.1, 0.15) is 24.2 Å². The topological polar surface area (TPSA) is 134 Å². The van der Waals surface area contributed by atoms with Gasteiger partial charge in [0.1, 0.15) is 53.3 Å². The molecule has 2 N–H and O–H groups in total. The van der Waals surface area contributed by atoms with E-state index in [1.807, 2.05) is 17.0 Å². The van der Waals surface area contributed by atoms with Crippen LogP contribution in [0.25, 0.3) is 22.3 Å². The zero-order chi connectivity index (χ0) is 29.9. The first-order valence-corrected chi connectivity index (χ1v) is 13.8. The summed E-state index contributed by atoms with van der Waals surface area (Å²) in [4.78, 5) is 31.1. The van der Waals surface area contributed by atoms with E-state index in [0.29, 0.717) is 53.0 Å². The first-order chi connectivity index (χ1) is 20.9. The Kier molecular flexibility index (Phi) is 7.65. The molecule has 12 heteroatoms. The monoisotopic (exact) mass is 580 g/mol. The smallest absolute Gasteiger partial charge is 0.246 e. The molecule has 1 fully saturated rings. The summed E-state index contributed by atoms with van der Waals surface area (Å²) in [5, 5.41) is 5.47. The van der Waals surface area contributed by atoms with Crippen molar-refractivity contribution in [3.05, 3.63) is 91.0 Å². The Hall–Kier alpha value is -5.39. The van der Waals surface area contributed by atoms with Gasteiger partial charge in [-0.1, -0.05) is 6.58 Å². The molecule has 2 aromatic carbocycles. The molecule has 0 unspecified atom stereocenters. The highest BCUT2D eigenvalue weighted by atomic mass is 19.1. The zero-order valence-corrected chi connectivity index (χ0v) is 23.5. The van der Waals surface area contributed by atoms with Crippen molar-refractivity contribution in [3.8, 4) is 28.5 Å². The van der Waals surface area contributed by atoms with Crippen molar-refractivity contribution >= 4 is 22.8 Å². The van der Waals surface area contributed by atoms with Crippen molar-refractivity contribution in [2.24, 2.45) is 0 Å². The normalized spacial score (nSPS) is 14.7. The SMILES string of the molecule is C=CC(=O)N1CCC[C@@H]1Cn1nc(-c2ccc(Oc3cc(F)cc(OCc4cnc(C)nc4)c3)cc2)c2c(N)ncnc21. The van der Waals surface area contributed by atoms with E-state index in [2.05, 4.69) is 26.5 Å². The highest BCUT2D eigenvalue weighted by molar-refractivity contribution is 5.98. The Morgan fingerprint density at radius 1 is 1.09 bits per heavy atom. The minimum absolute atomic E-state index is 0.0289. The molecule has 1 amide bonds. The van der Waals surface area contributed by atoms with Gasteiger partial charge in [0.15, 0.2) is 5.65 Å². The number of rotatable bonds is 9. The Morgan fingerprint density at radius 3 is 2.63 bits per heavy atom. The highest BCUT2D eigenvalue weighted by Crippen LogP contribution is 2.33. The van der Waals surface area contributed by atoms with E-state index >= 15 is 0 Å². The lowest BCUT2D eigenvalue weighted by atomic mass is 10.1. The first kappa shape index (κ1) is 27.8. The summed E-state index contributed by atoms with van der Waals surface area (Å²) in [6.07, 6.45) is 7.85. The predicted octanol–water partition coefficient (Wildman–Crippen LogP) is 4.86. The number of carbonyl (C=O) groups is 1. The Labute approximate surface area is 246 Å². The maximum atomic E-state index is 14.4. The molecule has 0 spiro atoms. The van der Waals surface area contributed by atoms with E-state index in [0.717, 1.165) is 24.0 Å². The van der Waals surface area contributed by atoms with Gasteiger partial charge < -0.3 is 20.1 Å². The van der Waals surface area contributed by atoms with Gasteiger partial charge in [-0.25, -0.2) is 29.0 Å². The Balaban J connectivity index is 1.21. The summed E-state index contributed by atoms with van der Waals surface area (Å²) in [6.45, 7) is 6.76. The molecule has 1 saturated heterocycles. The zero-order valence-electron chi connectivity index (χ0n) is 23.5. The summed E-state index contributed by atoms with van der Waals surface area (Å²) in [6, 6.07) is 11.4. The molecule has 6 rings (SSSR count). The highest BCUT2D eigenvalue weighted by Gasteiger charge is 2.29. The van der Waals surface area contributed by atoms with Crippen LogP contribution in [0.15, 0.2) is 73.8 Å². The number of nitrogens with two attached hydrogens (primary N) is 1. The van der Waals surface area contributed by atoms with Crippen LogP contribution in [0.2, 0.25) is 0 Å². The van der Waals surface area contributed by atoms with E-state index in [4.69, 9.17) is 20.3 Å². The number of likely N-dealkylation sites (tertiary alicyclic amines) is 1. The average molecular weight is 581 g/mol. The second-order valence-electron chi connectivity index (χ2n) is 10.2. The lowest BCUT2D eigenvalue weighted by molar-refractivity contribution is -0.127. The van der Waals surface area contributed by atoms with E-state index in [-0.39, 0.29) is 24.3 Å². The van der Waals surface area contributed by atoms with Crippen LogP contribution in [0.3, 0.4) is 0 Å². The molecule has 0 aliphatic carbocycles. The van der Waals surface area contributed by atoms with Crippen molar-refractivity contribution in [2.75, 3.05) is 12.3 Å². The number of halogens is 1. The van der Waals surface area contributed by atoms with Crippen LogP contribution >= 0.6 is 0 Å². The average Bonchev–Trinajstić information content (AvgIpc) is 3.62. The van der Waals surface area contributed by atoms with Crippen molar-refractivity contribution in [2.45, 2.75) is 39.0 Å². The number of aromatic nitrogens is 6. The van der Waals surface area contributed by atoms with Gasteiger partial charge in [-0.3, -0.25) is 4.79 Å². The second kappa shape index (κ2) is 11.8. The van der Waals surface area contributed by atoms with Crippen LogP contribution in [0.5, 0.6) is 17.2 Å². The van der Waals surface area contributed by atoms with Gasteiger partial charge in [-0.05, 0) is 50.1 Å². The molecule has 43 heavy (non-hydrogen) atoms. The predicted molar refractivity (Wildman–Crippen MR) is 158 cm³/mol. The molecule has 1 aliphatic rings. The molecule has 1 atom stereocenters. The lowest BCUT2D eigenvalue weighted by Gasteiger charge is -2.23. The largest absolute Gasteiger partial charge is 0.489 e. The van der Waals surface area contributed by atoms with E-state index < -0.39 is 5.82 Å². The first-order valence-electron chi connectivity index (χ1n) is 13.8. The molecule has 4 heterocycles. The van der Waals surface area contributed by atoms with Gasteiger partial charge in [-0.15, -0.1) is 0 Å². The summed E-state index contributed by atoms with van der Waals surface area (Å²) in [7, 11) is 0. The maximum absolute atomic E-state index is 14.4. The van der Waals surface area contributed by atoms with Gasteiger partial charge in [0.2, 0.25) is 5.91 Å². The Bertz CT molecular complexity index is 1790. The molecular formula is C31H29FN8O3. The molecule has 0 saturated carbocycles. The number of hydrogen-bond acceptors (Lipinski definition) is 9. The number of aryl methyl sites for hydroxylation is 1. The van der Waals surface area contributed by atoms with Gasteiger partial charge in [0.05, 0.1) is 18.0 Å². The lowest BCUT2D eigenvalue weighted by Crippen LogP contribution is -2.37. The minimum atomic E-state index is -0.493. The number of amides is 1. The molecule has 1 aliphatic heterocycles. The van der Waals surface area contributed by atoms with Gasteiger partial charge in [-0.2, -0.15) is 5.10 Å². The van der Waals surface area contributed by atoms with Crippen molar-refractivity contribution < 1.29 is 18.7 Å². The fourth-order valence-corrected chi connectivity index (χ4v) is 5.15. The summed E-state index contributed by atoms with van der Waals surface area (Å²) < 4.78 is 27.8. The molecule has 5 aromatic rings. The fourth-order valence-electron chi connectivity index (χ4n) is 5.15. The fraction of sp³-hybridized carbons (Fsp3) is 0.226. The van der Waals surface area contributed by atoms with E-state index in [1.54, 1.807) is 42.2 Å².